The molecule has 230 valence electrons. The minimum absolute atomic E-state index is 0.0269. The molecule has 1 atom stereocenters. The summed E-state index contributed by atoms with van der Waals surface area (Å²) in [5.74, 6) is -2.37. The number of nitrogens with zero attached hydrogens (tertiary/aromatic N) is 2. The Bertz CT molecular complexity index is 1630. The largest absolute Gasteiger partial charge is 0.423 e. The van der Waals surface area contributed by atoms with Crippen molar-refractivity contribution in [1.29, 1.82) is 0 Å². The van der Waals surface area contributed by atoms with E-state index in [-0.39, 0.29) is 35.1 Å². The summed E-state index contributed by atoms with van der Waals surface area (Å²) in [5, 5.41) is 17.5. The molecule has 2 heterocycles. The van der Waals surface area contributed by atoms with E-state index in [9.17, 15) is 19.5 Å². The second-order valence-electron chi connectivity index (χ2n) is 12.8. The Hall–Kier alpha value is -3.60. The summed E-state index contributed by atoms with van der Waals surface area (Å²) in [6.45, 7) is 12.2. The van der Waals surface area contributed by atoms with Crippen LogP contribution in [0.3, 0.4) is 0 Å². The van der Waals surface area contributed by atoms with Gasteiger partial charge in [-0.05, 0) is 72.5 Å². The number of carbonyl (C=O) groups is 2. The summed E-state index contributed by atoms with van der Waals surface area (Å²) in [7, 11) is 0. The standard InChI is InChI=1S/C33H41FN4O5/c1-19-14-35-10-11-37(19)15-23-16-38(17-33(4,5)18-39)32(42)25-9-6-22(12-27(23)25)26-13-28(31(41)36-24-7-8-24)30(43-21(3)40)29(34)20(26)2/h6,9,12-13,16,19,24,35,39H,7-8,10-11,14-15,17-18H2,1-5H3,(H,36,41)/t19-/m1/s1. The first-order chi connectivity index (χ1) is 20.4. The molecular weight excluding hydrogens is 551 g/mol. The van der Waals surface area contributed by atoms with Crippen molar-refractivity contribution in [2.24, 2.45) is 5.41 Å². The van der Waals surface area contributed by atoms with Gasteiger partial charge in [-0.1, -0.05) is 19.9 Å². The van der Waals surface area contributed by atoms with E-state index in [4.69, 9.17) is 4.74 Å². The zero-order valence-corrected chi connectivity index (χ0v) is 25.6. The number of halogens is 1. The normalized spacial score (nSPS) is 17.7. The number of aromatic nitrogens is 1. The average molecular weight is 593 g/mol. The molecular formula is C33H41FN4O5. The zero-order valence-electron chi connectivity index (χ0n) is 25.6. The Kier molecular flexibility index (Phi) is 8.74. The van der Waals surface area contributed by atoms with Gasteiger partial charge in [0, 0.05) is 75.3 Å². The predicted octanol–water partition coefficient (Wildman–Crippen LogP) is 3.75. The van der Waals surface area contributed by atoms with Gasteiger partial charge < -0.3 is 25.0 Å². The minimum Gasteiger partial charge on any atom is -0.423 e. The highest BCUT2D eigenvalue weighted by atomic mass is 19.1. The van der Waals surface area contributed by atoms with Crippen LogP contribution in [0.15, 0.2) is 35.3 Å². The van der Waals surface area contributed by atoms with Crippen LogP contribution in [0, 0.1) is 18.2 Å². The highest BCUT2D eigenvalue weighted by Gasteiger charge is 2.29. The fourth-order valence-corrected chi connectivity index (χ4v) is 5.65. The van der Waals surface area contributed by atoms with Crippen molar-refractivity contribution >= 4 is 22.6 Å². The van der Waals surface area contributed by atoms with Crippen molar-refractivity contribution in [3.63, 3.8) is 0 Å². The average Bonchev–Trinajstić information content (AvgIpc) is 3.78. The van der Waals surface area contributed by atoms with Crippen LogP contribution in [-0.4, -0.2) is 64.8 Å². The van der Waals surface area contributed by atoms with Crippen molar-refractivity contribution in [2.45, 2.75) is 72.6 Å². The molecule has 3 aromatic rings. The van der Waals surface area contributed by atoms with Crippen molar-refractivity contribution < 1.29 is 23.8 Å². The third-order valence-corrected chi connectivity index (χ3v) is 8.39. The van der Waals surface area contributed by atoms with E-state index in [2.05, 4.69) is 22.5 Å². The Labute approximate surface area is 251 Å². The lowest BCUT2D eigenvalue weighted by Gasteiger charge is -2.34. The molecule has 0 spiro atoms. The SMILES string of the molecule is CC(=O)Oc1c(C(=O)NC2CC2)cc(-c2ccc3c(=O)n(CC(C)(C)CO)cc(CN4CCNC[C@H]4C)c3c2)c(C)c1F. The van der Waals surface area contributed by atoms with Gasteiger partial charge in [-0.3, -0.25) is 19.3 Å². The number of esters is 1. The molecule has 3 N–H and O–H groups in total. The molecule has 1 aromatic heterocycles. The number of benzene rings is 2. The molecule has 0 radical (unpaired) electrons. The molecule has 1 aliphatic carbocycles. The lowest BCUT2D eigenvalue weighted by molar-refractivity contribution is -0.132. The Balaban J connectivity index is 1.67. The molecule has 2 aliphatic rings. The summed E-state index contributed by atoms with van der Waals surface area (Å²) in [6, 6.07) is 7.28. The van der Waals surface area contributed by atoms with E-state index >= 15 is 4.39 Å². The summed E-state index contributed by atoms with van der Waals surface area (Å²) < 4.78 is 22.7. The molecule has 1 saturated carbocycles. The smallest absolute Gasteiger partial charge is 0.308 e. The van der Waals surface area contributed by atoms with Crippen LogP contribution in [0.25, 0.3) is 21.9 Å². The van der Waals surface area contributed by atoms with Crippen LogP contribution in [0.4, 0.5) is 4.39 Å². The quantitative estimate of drug-likeness (QED) is 0.256. The second kappa shape index (κ2) is 12.2. The fourth-order valence-electron chi connectivity index (χ4n) is 5.65. The Morgan fingerprint density at radius 2 is 1.95 bits per heavy atom. The van der Waals surface area contributed by atoms with E-state index in [0.717, 1.165) is 43.4 Å². The number of hydrogen-bond acceptors (Lipinski definition) is 7. The van der Waals surface area contributed by atoms with Crippen LogP contribution in [0.2, 0.25) is 0 Å². The lowest BCUT2D eigenvalue weighted by atomic mass is 9.92. The van der Waals surface area contributed by atoms with E-state index in [0.29, 0.717) is 35.6 Å². The van der Waals surface area contributed by atoms with Gasteiger partial charge in [0.2, 0.25) is 0 Å². The lowest BCUT2D eigenvalue weighted by Crippen LogP contribution is -2.49. The van der Waals surface area contributed by atoms with Crippen LogP contribution in [0.1, 0.15) is 62.0 Å². The van der Waals surface area contributed by atoms with Crippen molar-refractivity contribution in [1.82, 2.24) is 20.1 Å². The number of rotatable bonds is 9. The third kappa shape index (κ3) is 6.66. The number of nitrogens with one attached hydrogen (secondary N) is 2. The van der Waals surface area contributed by atoms with Gasteiger partial charge >= 0.3 is 5.97 Å². The number of pyridine rings is 1. The fraction of sp³-hybridized carbons (Fsp3) is 0.485. The molecule has 5 rings (SSSR count). The molecule has 10 heteroatoms. The number of fused-ring (bicyclic) bond motifs is 1. The van der Waals surface area contributed by atoms with E-state index in [1.807, 2.05) is 26.1 Å². The number of amides is 1. The maximum absolute atomic E-state index is 15.8. The highest BCUT2D eigenvalue weighted by Crippen LogP contribution is 2.36. The number of carbonyl (C=O) groups excluding carboxylic acids is 2. The summed E-state index contributed by atoms with van der Waals surface area (Å²) in [6.07, 6.45) is 3.58. The third-order valence-electron chi connectivity index (χ3n) is 8.39. The van der Waals surface area contributed by atoms with Gasteiger partial charge in [-0.15, -0.1) is 0 Å². The molecule has 43 heavy (non-hydrogen) atoms. The van der Waals surface area contributed by atoms with Gasteiger partial charge in [0.1, 0.15) is 0 Å². The van der Waals surface area contributed by atoms with E-state index in [1.165, 1.54) is 6.92 Å². The first-order valence-electron chi connectivity index (χ1n) is 14.9. The minimum atomic E-state index is -0.773. The van der Waals surface area contributed by atoms with Gasteiger partial charge in [0.05, 0.1) is 5.56 Å². The summed E-state index contributed by atoms with van der Waals surface area (Å²) in [5.41, 5.74) is 1.58. The van der Waals surface area contributed by atoms with Crippen molar-refractivity contribution in [3.8, 4) is 16.9 Å². The van der Waals surface area contributed by atoms with Crippen LogP contribution >= 0.6 is 0 Å². The number of hydrogen-bond donors (Lipinski definition) is 3. The molecule has 2 fully saturated rings. The number of piperazine rings is 1. The summed E-state index contributed by atoms with van der Waals surface area (Å²) in [4.78, 5) is 41.0. The van der Waals surface area contributed by atoms with Gasteiger partial charge in [-0.2, -0.15) is 0 Å². The second-order valence-corrected chi connectivity index (χ2v) is 12.8. The maximum atomic E-state index is 15.8. The van der Waals surface area contributed by atoms with E-state index < -0.39 is 23.1 Å². The van der Waals surface area contributed by atoms with E-state index in [1.54, 1.807) is 29.7 Å². The molecule has 0 unspecified atom stereocenters. The summed E-state index contributed by atoms with van der Waals surface area (Å²) >= 11 is 0. The molecule has 0 bridgehead atoms. The van der Waals surface area contributed by atoms with Crippen LogP contribution in [-0.2, 0) is 17.9 Å². The van der Waals surface area contributed by atoms with Crippen LogP contribution in [0.5, 0.6) is 5.75 Å². The molecule has 1 aliphatic heterocycles. The first-order valence-corrected chi connectivity index (χ1v) is 14.9. The zero-order chi connectivity index (χ0) is 31.1. The molecule has 9 nitrogen and oxygen atoms in total. The highest BCUT2D eigenvalue weighted by molar-refractivity contribution is 6.00. The maximum Gasteiger partial charge on any atom is 0.308 e. The number of ether oxygens (including phenoxy) is 1. The number of aliphatic hydroxyl groups is 1. The topological polar surface area (TPSA) is 113 Å². The van der Waals surface area contributed by atoms with Gasteiger partial charge in [0.15, 0.2) is 11.6 Å². The number of aliphatic hydroxyl groups excluding tert-OH is 1. The Morgan fingerprint density at radius 3 is 2.60 bits per heavy atom. The molecule has 1 saturated heterocycles. The van der Waals surface area contributed by atoms with Gasteiger partial charge in [0.25, 0.3) is 11.5 Å². The van der Waals surface area contributed by atoms with Gasteiger partial charge in [-0.25, -0.2) is 4.39 Å². The predicted molar refractivity (Wildman–Crippen MR) is 164 cm³/mol. The Morgan fingerprint density at radius 1 is 1.21 bits per heavy atom. The van der Waals surface area contributed by atoms with Crippen molar-refractivity contribution in [2.75, 3.05) is 26.2 Å². The van der Waals surface area contributed by atoms with Crippen LogP contribution < -0.4 is 20.9 Å². The van der Waals surface area contributed by atoms with Crippen molar-refractivity contribution in [3.05, 3.63) is 63.3 Å². The molecule has 1 amide bonds. The first kappa shape index (κ1) is 30.8. The monoisotopic (exact) mass is 592 g/mol. The molecule has 2 aromatic carbocycles.